The highest BCUT2D eigenvalue weighted by Gasteiger charge is 2.13. The van der Waals surface area contributed by atoms with Crippen molar-refractivity contribution in [2.75, 3.05) is 32.8 Å². The lowest BCUT2D eigenvalue weighted by molar-refractivity contribution is 0.354. The van der Waals surface area contributed by atoms with Crippen LogP contribution in [-0.2, 0) is 6.42 Å². The Hall–Kier alpha value is -0.960. The van der Waals surface area contributed by atoms with E-state index in [1.165, 1.54) is 29.9 Å². The zero-order valence-electron chi connectivity index (χ0n) is 15.5. The molecule has 1 aliphatic heterocycles. The molecule has 2 rings (SSSR count). The smallest absolute Gasteiger partial charge is 0.160 e. The fourth-order valence-corrected chi connectivity index (χ4v) is 5.59. The summed E-state index contributed by atoms with van der Waals surface area (Å²) in [5, 5.41) is 3.32. The van der Waals surface area contributed by atoms with Crippen molar-refractivity contribution in [2.45, 2.75) is 42.7 Å². The van der Waals surface area contributed by atoms with Crippen LogP contribution in [0.1, 0.15) is 31.2 Å². The van der Waals surface area contributed by atoms with Crippen molar-refractivity contribution in [1.29, 1.82) is 0 Å². The molecule has 1 unspecified atom stereocenters. The minimum atomic E-state index is 0.236. The summed E-state index contributed by atoms with van der Waals surface area (Å²) in [5.41, 5.74) is 1.25. The third-order valence-electron chi connectivity index (χ3n) is 4.20. The Labute approximate surface area is 161 Å². The van der Waals surface area contributed by atoms with E-state index in [1.54, 1.807) is 14.2 Å². The zero-order chi connectivity index (χ0) is 17.9. The van der Waals surface area contributed by atoms with Gasteiger partial charge in [0, 0.05) is 6.42 Å². The largest absolute Gasteiger partial charge is 0.493 e. The number of methoxy groups -OCH3 is 2. The molecule has 0 spiro atoms. The highest BCUT2D eigenvalue weighted by Crippen LogP contribution is 2.33. The van der Waals surface area contributed by atoms with Crippen molar-refractivity contribution in [3.05, 3.63) is 23.8 Å². The summed E-state index contributed by atoms with van der Waals surface area (Å²) < 4.78 is 11.4. The van der Waals surface area contributed by atoms with E-state index in [2.05, 4.69) is 52.8 Å². The molecular formula is C20H29NO2S2. The van der Waals surface area contributed by atoms with Crippen LogP contribution in [0.5, 0.6) is 11.5 Å². The van der Waals surface area contributed by atoms with E-state index in [4.69, 9.17) is 9.47 Å². The van der Waals surface area contributed by atoms with E-state index in [0.29, 0.717) is 0 Å². The molecule has 1 aliphatic rings. The van der Waals surface area contributed by atoms with Crippen LogP contribution < -0.4 is 14.8 Å². The molecule has 0 bridgehead atoms. The van der Waals surface area contributed by atoms with Gasteiger partial charge in [-0.1, -0.05) is 12.0 Å². The molecule has 0 aliphatic carbocycles. The molecule has 1 aromatic rings. The maximum absolute atomic E-state index is 5.37. The molecule has 1 saturated heterocycles. The summed E-state index contributed by atoms with van der Waals surface area (Å²) in [5.74, 6) is 11.0. The Morgan fingerprint density at radius 2 is 1.96 bits per heavy atom. The van der Waals surface area contributed by atoms with Crippen molar-refractivity contribution < 1.29 is 9.47 Å². The second kappa shape index (κ2) is 11.6. The molecule has 5 heteroatoms. The summed E-state index contributed by atoms with van der Waals surface area (Å²) in [4.78, 5) is 0. The first-order valence-electron chi connectivity index (χ1n) is 8.86. The summed E-state index contributed by atoms with van der Waals surface area (Å²) in [6, 6.07) is 6.35. The number of hydrogen-bond acceptors (Lipinski definition) is 5. The first-order valence-corrected chi connectivity index (χ1v) is 11.0. The number of ether oxygens (including phenoxy) is 2. The SMILES string of the molecule is CNC(C#CCCC1SCCCS1)CCc1ccc(OC)c(OC)c1. The number of hydrogen-bond donors (Lipinski definition) is 1. The van der Waals surface area contributed by atoms with Crippen molar-refractivity contribution in [1.82, 2.24) is 5.32 Å². The Morgan fingerprint density at radius 1 is 1.20 bits per heavy atom. The van der Waals surface area contributed by atoms with Gasteiger partial charge in [0.1, 0.15) is 0 Å². The van der Waals surface area contributed by atoms with Crippen LogP contribution in [0.4, 0.5) is 0 Å². The van der Waals surface area contributed by atoms with Crippen LogP contribution in [0, 0.1) is 11.8 Å². The standard InChI is InChI=1S/C20H29NO2S2/c1-21-17(7-4-5-8-20-24-13-6-14-25-20)11-9-16-10-12-18(22-2)19(15-16)23-3/h10,12,15,17,20-21H,5-6,8-9,11,13-14H2,1-3H3. The lowest BCUT2D eigenvalue weighted by Crippen LogP contribution is -2.23. The highest BCUT2D eigenvalue weighted by molar-refractivity contribution is 8.17. The molecule has 0 saturated carbocycles. The predicted molar refractivity (Wildman–Crippen MR) is 111 cm³/mol. The van der Waals surface area contributed by atoms with Gasteiger partial charge in [-0.2, -0.15) is 0 Å². The van der Waals surface area contributed by atoms with Crippen LogP contribution in [-0.4, -0.2) is 43.4 Å². The molecule has 0 aromatic heterocycles. The minimum Gasteiger partial charge on any atom is -0.493 e. The zero-order valence-corrected chi connectivity index (χ0v) is 17.1. The van der Waals surface area contributed by atoms with E-state index in [1.807, 2.05) is 13.1 Å². The normalized spacial score (nSPS) is 16.0. The van der Waals surface area contributed by atoms with Gasteiger partial charge in [0.25, 0.3) is 0 Å². The van der Waals surface area contributed by atoms with E-state index in [0.717, 1.165) is 35.3 Å². The van der Waals surface area contributed by atoms with Crippen molar-refractivity contribution in [3.63, 3.8) is 0 Å². The van der Waals surface area contributed by atoms with Gasteiger partial charge in [0.05, 0.1) is 24.8 Å². The highest BCUT2D eigenvalue weighted by atomic mass is 32.2. The van der Waals surface area contributed by atoms with Crippen LogP contribution in [0.3, 0.4) is 0 Å². The lowest BCUT2D eigenvalue weighted by atomic mass is 10.0. The molecule has 0 amide bonds. The monoisotopic (exact) mass is 379 g/mol. The van der Waals surface area contributed by atoms with Crippen molar-refractivity contribution in [3.8, 4) is 23.3 Å². The predicted octanol–water partition coefficient (Wildman–Crippen LogP) is 4.20. The van der Waals surface area contributed by atoms with E-state index in [9.17, 15) is 0 Å². The molecular weight excluding hydrogens is 350 g/mol. The van der Waals surface area contributed by atoms with Crippen molar-refractivity contribution in [2.24, 2.45) is 0 Å². The van der Waals surface area contributed by atoms with Gasteiger partial charge in [-0.3, -0.25) is 0 Å². The summed E-state index contributed by atoms with van der Waals surface area (Å²) in [6.45, 7) is 0. The minimum absolute atomic E-state index is 0.236. The summed E-state index contributed by atoms with van der Waals surface area (Å²) >= 11 is 4.20. The average Bonchev–Trinajstić information content (AvgIpc) is 2.68. The quantitative estimate of drug-likeness (QED) is 0.684. The molecule has 1 N–H and O–H groups in total. The molecule has 0 radical (unpaired) electrons. The van der Waals surface area contributed by atoms with Crippen LogP contribution in [0.15, 0.2) is 18.2 Å². The summed E-state index contributed by atoms with van der Waals surface area (Å²) in [6.07, 6.45) is 5.52. The van der Waals surface area contributed by atoms with E-state index < -0.39 is 0 Å². The Morgan fingerprint density at radius 3 is 2.64 bits per heavy atom. The number of aryl methyl sites for hydroxylation is 1. The fourth-order valence-electron chi connectivity index (χ4n) is 2.72. The van der Waals surface area contributed by atoms with Crippen molar-refractivity contribution >= 4 is 23.5 Å². The topological polar surface area (TPSA) is 30.5 Å². The Balaban J connectivity index is 1.78. The van der Waals surface area contributed by atoms with Gasteiger partial charge >= 0.3 is 0 Å². The van der Waals surface area contributed by atoms with Gasteiger partial charge in [-0.05, 0) is 61.9 Å². The third kappa shape index (κ3) is 7.05. The lowest BCUT2D eigenvalue weighted by Gasteiger charge is -2.19. The summed E-state index contributed by atoms with van der Waals surface area (Å²) in [7, 11) is 5.32. The van der Waals surface area contributed by atoms with Gasteiger partial charge < -0.3 is 14.8 Å². The molecule has 1 aromatic carbocycles. The van der Waals surface area contributed by atoms with Crippen LogP contribution in [0.2, 0.25) is 0 Å². The first kappa shape index (κ1) is 20.4. The second-order valence-corrected chi connectivity index (χ2v) is 8.87. The molecule has 1 fully saturated rings. The second-order valence-electron chi connectivity index (χ2n) is 5.95. The van der Waals surface area contributed by atoms with Gasteiger partial charge in [-0.25, -0.2) is 0 Å². The van der Waals surface area contributed by atoms with Gasteiger partial charge in [-0.15, -0.1) is 29.4 Å². The molecule has 25 heavy (non-hydrogen) atoms. The molecule has 138 valence electrons. The van der Waals surface area contributed by atoms with E-state index in [-0.39, 0.29) is 6.04 Å². The van der Waals surface area contributed by atoms with Crippen LogP contribution >= 0.6 is 23.5 Å². The molecule has 1 atom stereocenters. The number of rotatable bonds is 8. The third-order valence-corrected chi connectivity index (χ3v) is 7.28. The van der Waals surface area contributed by atoms with Gasteiger partial charge in [0.2, 0.25) is 0 Å². The maximum atomic E-state index is 5.37. The Kier molecular flexibility index (Phi) is 9.46. The maximum Gasteiger partial charge on any atom is 0.160 e. The Bertz CT molecular complexity index is 577. The van der Waals surface area contributed by atoms with E-state index >= 15 is 0 Å². The molecule has 1 heterocycles. The first-order chi connectivity index (χ1) is 12.3. The number of thioether (sulfide) groups is 2. The average molecular weight is 380 g/mol. The van der Waals surface area contributed by atoms with Gasteiger partial charge in [0.15, 0.2) is 11.5 Å². The van der Waals surface area contributed by atoms with Crippen LogP contribution in [0.25, 0.3) is 0 Å². The number of nitrogens with one attached hydrogen (secondary N) is 1. The molecule has 3 nitrogen and oxygen atoms in total. The fraction of sp³-hybridized carbons (Fsp3) is 0.600. The number of benzene rings is 1.